The minimum absolute atomic E-state index is 0.00593. The maximum absolute atomic E-state index is 12.6. The Balaban J connectivity index is 1.46. The lowest BCUT2D eigenvalue weighted by atomic mass is 10.0. The lowest BCUT2D eigenvalue weighted by molar-refractivity contribution is -0.137. The highest BCUT2D eigenvalue weighted by molar-refractivity contribution is 6.39. The Morgan fingerprint density at radius 3 is 2.26 bits per heavy atom. The van der Waals surface area contributed by atoms with Gasteiger partial charge in [0.15, 0.2) is 0 Å². The first-order valence-electron chi connectivity index (χ1n) is 10.6. The van der Waals surface area contributed by atoms with E-state index in [9.17, 15) is 24.3 Å². The minimum atomic E-state index is -1.19. The first-order valence-corrected chi connectivity index (χ1v) is 11.4. The number of nitrogens with one attached hydrogen (secondary N) is 2. The fourth-order valence-corrected chi connectivity index (χ4v) is 4.18. The number of carbonyl (C=O) groups is 2. The lowest BCUT2D eigenvalue weighted by Gasteiger charge is -2.31. The summed E-state index contributed by atoms with van der Waals surface area (Å²) in [6.07, 6.45) is 2.72. The van der Waals surface area contributed by atoms with E-state index < -0.39 is 28.8 Å². The topological polar surface area (TPSA) is 138 Å². The van der Waals surface area contributed by atoms with E-state index in [1.54, 1.807) is 17.0 Å². The number of hydrogen-bond donors (Lipinski definition) is 3. The summed E-state index contributed by atoms with van der Waals surface area (Å²) in [7, 11) is 0. The van der Waals surface area contributed by atoms with Crippen molar-refractivity contribution in [3.05, 3.63) is 78.3 Å². The number of halogens is 2. The Morgan fingerprint density at radius 2 is 1.66 bits per heavy atom. The molecule has 12 heteroatoms. The average Bonchev–Trinajstić information content (AvgIpc) is 2.85. The number of carboxylic acids is 1. The van der Waals surface area contributed by atoms with Crippen LogP contribution >= 0.6 is 23.2 Å². The molecule has 2 aromatic carbocycles. The number of benzene rings is 1. The van der Waals surface area contributed by atoms with E-state index in [4.69, 9.17) is 27.9 Å². The highest BCUT2D eigenvalue weighted by Crippen LogP contribution is 2.29. The molecule has 1 aliphatic heterocycles. The number of aromatic nitrogens is 1. The normalized spacial score (nSPS) is 14.5. The van der Waals surface area contributed by atoms with Gasteiger partial charge in [-0.25, -0.2) is 4.79 Å². The molecule has 0 aliphatic carbocycles. The first kappa shape index (κ1) is 24.6. The van der Waals surface area contributed by atoms with Crippen molar-refractivity contribution in [3.63, 3.8) is 0 Å². The molecular formula is C23H20Cl2N4O6. The highest BCUT2D eigenvalue weighted by Gasteiger charge is 2.30. The molecular weight excluding hydrogens is 499 g/mol. The first-order chi connectivity index (χ1) is 16.8. The van der Waals surface area contributed by atoms with Crippen LogP contribution in [0.25, 0.3) is 0 Å². The van der Waals surface area contributed by atoms with Gasteiger partial charge < -0.3 is 25.4 Å². The molecule has 1 saturated heterocycles. The molecule has 1 aliphatic rings. The van der Waals surface area contributed by atoms with Gasteiger partial charge in [-0.1, -0.05) is 35.3 Å². The van der Waals surface area contributed by atoms with Crippen LogP contribution in [0.5, 0.6) is 0 Å². The third kappa shape index (κ3) is 5.29. The molecule has 4 rings (SSSR count). The van der Waals surface area contributed by atoms with Gasteiger partial charge in [-0.15, -0.1) is 0 Å². The monoisotopic (exact) mass is 518 g/mol. The van der Waals surface area contributed by atoms with Crippen LogP contribution in [0, 0.1) is 0 Å². The molecule has 1 amide bonds. The second-order valence-corrected chi connectivity index (χ2v) is 8.66. The van der Waals surface area contributed by atoms with Gasteiger partial charge in [-0.05, 0) is 17.7 Å². The maximum Gasteiger partial charge on any atom is 0.326 e. The van der Waals surface area contributed by atoms with E-state index in [1.807, 2.05) is 0 Å². The third-order valence-corrected chi connectivity index (χ3v) is 6.15. The van der Waals surface area contributed by atoms with Crippen molar-refractivity contribution in [3.8, 4) is 0 Å². The number of nitrogens with zero attached hydrogens (tertiary/aromatic N) is 2. The average molecular weight is 519 g/mol. The number of pyridine rings is 1. The van der Waals surface area contributed by atoms with Crippen LogP contribution in [0.3, 0.4) is 0 Å². The zero-order chi connectivity index (χ0) is 25.1. The molecule has 0 saturated carbocycles. The van der Waals surface area contributed by atoms with Gasteiger partial charge in [0.05, 0.1) is 28.9 Å². The molecule has 0 unspecified atom stereocenters. The fourth-order valence-electron chi connectivity index (χ4n) is 3.72. The molecule has 0 spiro atoms. The van der Waals surface area contributed by atoms with Crippen molar-refractivity contribution in [1.29, 1.82) is 0 Å². The van der Waals surface area contributed by atoms with Crippen molar-refractivity contribution in [2.24, 2.45) is 0 Å². The molecule has 2 heterocycles. The number of carbonyl (C=O) groups excluding carboxylic acids is 1. The van der Waals surface area contributed by atoms with E-state index in [0.717, 1.165) is 0 Å². The molecule has 3 aromatic rings. The summed E-state index contributed by atoms with van der Waals surface area (Å²) in [6, 6.07) is 5.11. The summed E-state index contributed by atoms with van der Waals surface area (Å²) in [6.45, 7) is 1.72. The number of anilines is 3. The van der Waals surface area contributed by atoms with Crippen LogP contribution in [0.15, 0.2) is 46.2 Å². The number of carboxylic acid groups (broad SMARTS) is 1. The highest BCUT2D eigenvalue weighted by atomic mass is 35.5. The number of hydrogen-bond acceptors (Lipinski definition) is 8. The molecule has 0 radical (unpaired) electrons. The molecule has 182 valence electrons. The SMILES string of the molecule is O=C(Nc1c(Cl)cncc1Cl)c1ccc(C[C@H](Nc2c(N3CCOCC3)c(=O)c2=O)C(=O)O)cc1. The summed E-state index contributed by atoms with van der Waals surface area (Å²) in [5.41, 5.74) is -0.0304. The number of amides is 1. The van der Waals surface area contributed by atoms with Crippen LogP contribution in [-0.4, -0.2) is 54.3 Å². The predicted octanol–water partition coefficient (Wildman–Crippen LogP) is 2.18. The number of aliphatic carboxylic acids is 1. The van der Waals surface area contributed by atoms with Crippen LogP contribution in [0.1, 0.15) is 15.9 Å². The Kier molecular flexibility index (Phi) is 7.34. The predicted molar refractivity (Wildman–Crippen MR) is 132 cm³/mol. The fraction of sp³-hybridized carbons (Fsp3) is 0.261. The van der Waals surface area contributed by atoms with E-state index in [-0.39, 0.29) is 33.5 Å². The van der Waals surface area contributed by atoms with Gasteiger partial charge in [0.1, 0.15) is 17.4 Å². The van der Waals surface area contributed by atoms with E-state index in [2.05, 4.69) is 15.6 Å². The van der Waals surface area contributed by atoms with Crippen LogP contribution in [-0.2, 0) is 16.0 Å². The molecule has 3 N–H and O–H groups in total. The van der Waals surface area contributed by atoms with Crippen molar-refractivity contribution in [2.45, 2.75) is 12.5 Å². The molecule has 0 bridgehead atoms. The molecule has 10 nitrogen and oxygen atoms in total. The van der Waals surface area contributed by atoms with Gasteiger partial charge >= 0.3 is 5.97 Å². The largest absolute Gasteiger partial charge is 0.480 e. The van der Waals surface area contributed by atoms with E-state index >= 15 is 0 Å². The van der Waals surface area contributed by atoms with Gasteiger partial charge in [0.2, 0.25) is 0 Å². The van der Waals surface area contributed by atoms with Crippen LogP contribution in [0.4, 0.5) is 17.1 Å². The van der Waals surface area contributed by atoms with Crippen molar-refractivity contribution >= 4 is 52.1 Å². The summed E-state index contributed by atoms with van der Waals surface area (Å²) < 4.78 is 5.27. The maximum atomic E-state index is 12.6. The number of ether oxygens (including phenoxy) is 1. The lowest BCUT2D eigenvalue weighted by Crippen LogP contribution is -2.48. The quantitative estimate of drug-likeness (QED) is 0.383. The molecule has 1 atom stereocenters. The Labute approximate surface area is 209 Å². The standard InChI is InChI=1S/C23H20Cl2N4O6/c24-14-10-26-11-15(25)17(14)28-22(32)13-3-1-12(2-4-13)9-16(23(33)34)27-18-19(21(31)20(18)30)29-5-7-35-8-6-29/h1-4,10-11,16,27H,5-9H2,(H,33,34)(H,26,28,32)/t16-/m0/s1. The molecule has 1 aromatic heterocycles. The Hall–Kier alpha value is -3.47. The van der Waals surface area contributed by atoms with Gasteiger partial charge in [0.25, 0.3) is 16.8 Å². The van der Waals surface area contributed by atoms with E-state index in [0.29, 0.717) is 37.4 Å². The van der Waals surface area contributed by atoms with E-state index in [1.165, 1.54) is 24.5 Å². The summed E-state index contributed by atoms with van der Waals surface area (Å²) >= 11 is 12.1. The second-order valence-electron chi connectivity index (χ2n) is 7.85. The van der Waals surface area contributed by atoms with Crippen molar-refractivity contribution < 1.29 is 19.4 Å². The zero-order valence-corrected chi connectivity index (χ0v) is 19.7. The number of morpholine rings is 1. The number of rotatable bonds is 8. The Bertz CT molecular complexity index is 1310. The summed E-state index contributed by atoms with van der Waals surface area (Å²) in [5, 5.41) is 15.4. The van der Waals surface area contributed by atoms with Gasteiger partial charge in [-0.2, -0.15) is 0 Å². The molecule has 35 heavy (non-hydrogen) atoms. The summed E-state index contributed by atoms with van der Waals surface area (Å²) in [4.78, 5) is 54.3. The Morgan fingerprint density at radius 1 is 1.03 bits per heavy atom. The van der Waals surface area contributed by atoms with Gasteiger partial charge in [-0.3, -0.25) is 19.4 Å². The van der Waals surface area contributed by atoms with Crippen LogP contribution in [0.2, 0.25) is 10.0 Å². The van der Waals surface area contributed by atoms with Gasteiger partial charge in [0, 0.05) is 37.5 Å². The summed E-state index contributed by atoms with van der Waals surface area (Å²) in [5.74, 6) is -1.65. The third-order valence-electron chi connectivity index (χ3n) is 5.58. The second kappa shape index (κ2) is 10.4. The minimum Gasteiger partial charge on any atom is -0.480 e. The smallest absolute Gasteiger partial charge is 0.326 e. The van der Waals surface area contributed by atoms with Crippen molar-refractivity contribution in [2.75, 3.05) is 41.8 Å². The van der Waals surface area contributed by atoms with Crippen molar-refractivity contribution in [1.82, 2.24) is 4.98 Å². The van der Waals surface area contributed by atoms with Crippen LogP contribution < -0.4 is 26.4 Å². The molecule has 1 fully saturated rings. The zero-order valence-electron chi connectivity index (χ0n) is 18.2.